The van der Waals surface area contributed by atoms with Gasteiger partial charge in [-0.3, -0.25) is 9.80 Å². The van der Waals surface area contributed by atoms with Gasteiger partial charge < -0.3 is 28.9 Å². The quantitative estimate of drug-likeness (QED) is 0.174. The van der Waals surface area contributed by atoms with E-state index in [-0.39, 0.29) is 0 Å². The van der Waals surface area contributed by atoms with E-state index in [1.54, 1.807) is 26.7 Å². The van der Waals surface area contributed by atoms with E-state index in [1.807, 2.05) is 72.8 Å². The van der Waals surface area contributed by atoms with Crippen molar-refractivity contribution >= 4 is 56.3 Å². The Labute approximate surface area is 322 Å². The molecule has 0 radical (unpaired) electrons. The molecular formula is C46H36N6O4. The van der Waals surface area contributed by atoms with Crippen molar-refractivity contribution in [3.63, 3.8) is 0 Å². The number of aliphatic imine (C=N–C) groups is 1. The van der Waals surface area contributed by atoms with Crippen LogP contribution >= 0.6 is 0 Å². The van der Waals surface area contributed by atoms with Crippen LogP contribution in [0.15, 0.2) is 177 Å². The normalized spacial score (nSPS) is 16.2. The molecule has 0 saturated carbocycles. The van der Waals surface area contributed by atoms with Crippen molar-refractivity contribution in [3.05, 3.63) is 180 Å². The minimum Gasteiger partial charge on any atom is -0.497 e. The standard InChI is InChI=1S/C46H36N6O4/c1-53-37-20-15-34(16-21-37)46(49-44-40(25-27-56-44)42(47)51(46)36-17-14-30-8-3-4-10-32(30)28-36)52(35-18-22-38(54-2)23-19-35)45-48-43-33(24-26-55-43)29-50(45)41-13-7-11-31-9-5-6-12-39(31)41/h3-28H,29,47H2,1-2H3. The number of methoxy groups -OCH3 is 2. The van der Waals surface area contributed by atoms with Gasteiger partial charge in [-0.25, -0.2) is 0 Å². The first kappa shape index (κ1) is 33.1. The monoisotopic (exact) mass is 736 g/mol. The fraction of sp³-hybridized carbons (Fsp3) is 0.0870. The molecule has 0 saturated heterocycles. The third-order valence-corrected chi connectivity index (χ3v) is 10.6. The topological polar surface area (TPSA) is 105 Å². The zero-order valence-corrected chi connectivity index (χ0v) is 30.7. The highest BCUT2D eigenvalue weighted by molar-refractivity contribution is 6.14. The smallest absolute Gasteiger partial charge is 0.252 e. The summed E-state index contributed by atoms with van der Waals surface area (Å²) in [4.78, 5) is 17.5. The van der Waals surface area contributed by atoms with Crippen LogP contribution in [0.25, 0.3) is 27.4 Å². The minimum atomic E-state index is -1.51. The van der Waals surface area contributed by atoms with Crippen LogP contribution in [0.4, 0.5) is 22.9 Å². The van der Waals surface area contributed by atoms with Crippen molar-refractivity contribution in [2.24, 2.45) is 15.7 Å². The summed E-state index contributed by atoms with van der Waals surface area (Å²) < 4.78 is 23.6. The first-order valence-electron chi connectivity index (χ1n) is 18.3. The van der Waals surface area contributed by atoms with E-state index in [2.05, 4.69) is 87.5 Å². The summed E-state index contributed by atoms with van der Waals surface area (Å²) in [6.07, 6.45) is 3.31. The van der Waals surface area contributed by atoms with E-state index >= 15 is 0 Å². The second kappa shape index (κ2) is 13.1. The second-order valence-electron chi connectivity index (χ2n) is 13.6. The van der Waals surface area contributed by atoms with Crippen molar-refractivity contribution in [2.75, 3.05) is 28.9 Å². The lowest BCUT2D eigenvalue weighted by Crippen LogP contribution is -2.66. The third kappa shape index (κ3) is 5.18. The summed E-state index contributed by atoms with van der Waals surface area (Å²) in [5.41, 5.74) is 12.0. The first-order chi connectivity index (χ1) is 27.6. The maximum absolute atomic E-state index is 7.43. The van der Waals surface area contributed by atoms with Gasteiger partial charge >= 0.3 is 0 Å². The number of fused-ring (bicyclic) bond motifs is 4. The third-order valence-electron chi connectivity index (χ3n) is 10.6. The summed E-state index contributed by atoms with van der Waals surface area (Å²) in [6.45, 7) is 0.463. The van der Waals surface area contributed by atoms with E-state index in [1.165, 1.54) is 0 Å². The Kier molecular flexibility index (Phi) is 7.77. The molecule has 6 aromatic carbocycles. The number of rotatable bonds is 7. The van der Waals surface area contributed by atoms with Crippen LogP contribution in [-0.2, 0) is 12.3 Å². The van der Waals surface area contributed by atoms with Crippen LogP contribution in [0.5, 0.6) is 11.5 Å². The van der Waals surface area contributed by atoms with Gasteiger partial charge in [0.05, 0.1) is 44.2 Å². The number of guanidine groups is 1. The van der Waals surface area contributed by atoms with Crippen LogP contribution in [-0.4, -0.2) is 20.2 Å². The summed E-state index contributed by atoms with van der Waals surface area (Å²) in [7, 11) is 3.31. The van der Waals surface area contributed by atoms with E-state index in [4.69, 9.17) is 34.0 Å². The minimum absolute atomic E-state index is 0.376. The lowest BCUT2D eigenvalue weighted by atomic mass is 9.99. The number of hydrogen-bond donors (Lipinski definition) is 1. The maximum Gasteiger partial charge on any atom is 0.252 e. The van der Waals surface area contributed by atoms with Gasteiger partial charge in [0.15, 0.2) is 0 Å². The molecule has 1 atom stereocenters. The van der Waals surface area contributed by atoms with Crippen LogP contribution in [0, 0.1) is 0 Å². The van der Waals surface area contributed by atoms with Gasteiger partial charge in [-0.2, -0.15) is 9.98 Å². The Hall–Kier alpha value is -7.46. The molecule has 56 heavy (non-hydrogen) atoms. The molecule has 2 N–H and O–H groups in total. The molecule has 0 spiro atoms. The van der Waals surface area contributed by atoms with Gasteiger partial charge in [-0.1, -0.05) is 66.7 Å². The molecule has 2 aliphatic heterocycles. The molecule has 0 fully saturated rings. The number of anilines is 3. The number of ether oxygens (including phenoxy) is 2. The molecule has 4 heterocycles. The molecular weight excluding hydrogens is 701 g/mol. The van der Waals surface area contributed by atoms with Gasteiger partial charge in [0, 0.05) is 27.9 Å². The molecule has 10 nitrogen and oxygen atoms in total. The molecule has 0 bridgehead atoms. The molecule has 2 aromatic heterocycles. The Morgan fingerprint density at radius 3 is 2.18 bits per heavy atom. The molecule has 0 amide bonds. The van der Waals surface area contributed by atoms with Gasteiger partial charge in [0.1, 0.15) is 17.3 Å². The molecule has 10 heteroatoms. The first-order valence-corrected chi connectivity index (χ1v) is 18.3. The maximum atomic E-state index is 7.43. The second-order valence-corrected chi connectivity index (χ2v) is 13.6. The van der Waals surface area contributed by atoms with Gasteiger partial charge in [-0.05, 0) is 95.0 Å². The zero-order valence-electron chi connectivity index (χ0n) is 30.7. The molecule has 1 unspecified atom stereocenters. The Balaban J connectivity index is 1.35. The fourth-order valence-electron chi connectivity index (χ4n) is 7.90. The Morgan fingerprint density at radius 2 is 1.39 bits per heavy atom. The SMILES string of the molecule is COc1ccc(N(C2=Nc3occc3CN2c2cccc3ccccc23)C2(c3ccc(OC)cc3)N=c3occc3=C(N)N2c2ccc3ccccc3c2)cc1. The summed E-state index contributed by atoms with van der Waals surface area (Å²) in [6, 6.07) is 48.9. The molecule has 274 valence electrons. The predicted octanol–water partition coefficient (Wildman–Crippen LogP) is 8.39. The van der Waals surface area contributed by atoms with Crippen molar-refractivity contribution in [2.45, 2.75) is 12.3 Å². The Morgan fingerprint density at radius 1 is 0.696 bits per heavy atom. The van der Waals surface area contributed by atoms with E-state index in [9.17, 15) is 0 Å². The van der Waals surface area contributed by atoms with Crippen molar-refractivity contribution in [3.8, 4) is 11.5 Å². The van der Waals surface area contributed by atoms with Gasteiger partial charge in [0.25, 0.3) is 5.79 Å². The number of nitrogens with two attached hydrogens (primary N) is 1. The molecule has 0 aliphatic carbocycles. The zero-order chi connectivity index (χ0) is 37.8. The highest BCUT2D eigenvalue weighted by atomic mass is 16.5. The molecule has 8 aromatic rings. The Bertz CT molecular complexity index is 2910. The van der Waals surface area contributed by atoms with Crippen LogP contribution in [0.2, 0.25) is 0 Å². The van der Waals surface area contributed by atoms with Gasteiger partial charge in [0.2, 0.25) is 17.4 Å². The van der Waals surface area contributed by atoms with Crippen molar-refractivity contribution < 1.29 is 18.3 Å². The number of hydrogen-bond acceptors (Lipinski definition) is 10. The highest BCUT2D eigenvalue weighted by Gasteiger charge is 2.52. The summed E-state index contributed by atoms with van der Waals surface area (Å²) in [5, 5.41) is 4.97. The van der Waals surface area contributed by atoms with Gasteiger partial charge in [-0.15, -0.1) is 0 Å². The molecule has 2 aliphatic rings. The van der Waals surface area contributed by atoms with Crippen molar-refractivity contribution in [1.82, 2.24) is 0 Å². The summed E-state index contributed by atoms with van der Waals surface area (Å²) in [5.74, 6) is 1.37. The van der Waals surface area contributed by atoms with E-state index < -0.39 is 5.79 Å². The van der Waals surface area contributed by atoms with Crippen LogP contribution in [0.3, 0.4) is 0 Å². The van der Waals surface area contributed by atoms with Crippen LogP contribution < -0.4 is 40.7 Å². The average molecular weight is 737 g/mol. The summed E-state index contributed by atoms with van der Waals surface area (Å²) >= 11 is 0. The van der Waals surface area contributed by atoms with Crippen LogP contribution in [0.1, 0.15) is 11.1 Å². The number of benzene rings is 6. The lowest BCUT2D eigenvalue weighted by Gasteiger charge is -2.52. The lowest BCUT2D eigenvalue weighted by molar-refractivity contribution is 0.397. The van der Waals surface area contributed by atoms with E-state index in [0.717, 1.165) is 49.7 Å². The van der Waals surface area contributed by atoms with Crippen molar-refractivity contribution in [1.29, 1.82) is 0 Å². The largest absolute Gasteiger partial charge is 0.497 e. The van der Waals surface area contributed by atoms with E-state index in [0.29, 0.717) is 46.5 Å². The fourth-order valence-corrected chi connectivity index (χ4v) is 7.90. The molecule has 10 rings (SSSR count). The number of furan rings is 2. The number of nitrogens with zero attached hydrogens (tertiary/aromatic N) is 5. The predicted molar refractivity (Wildman–Crippen MR) is 220 cm³/mol. The average Bonchev–Trinajstić information content (AvgIpc) is 3.93. The highest BCUT2D eigenvalue weighted by Crippen LogP contribution is 2.47.